The van der Waals surface area contributed by atoms with Gasteiger partial charge in [-0.05, 0) is 43.2 Å². The minimum Gasteiger partial charge on any atom is -0.343 e. The Kier molecular flexibility index (Phi) is 8.90. The van der Waals surface area contributed by atoms with E-state index in [4.69, 9.17) is 0 Å². The fourth-order valence-electron chi connectivity index (χ4n) is 5.21. The maximum Gasteiger partial charge on any atom is 0.390 e. The van der Waals surface area contributed by atoms with Crippen LogP contribution < -0.4 is 10.6 Å². The molecule has 2 aliphatic carbocycles. The van der Waals surface area contributed by atoms with E-state index >= 15 is 0 Å². The summed E-state index contributed by atoms with van der Waals surface area (Å²) in [6, 6.07) is 0.709. The van der Waals surface area contributed by atoms with E-state index in [9.17, 15) is 44.7 Å². The van der Waals surface area contributed by atoms with Gasteiger partial charge < -0.3 is 10.6 Å². The van der Waals surface area contributed by atoms with Crippen LogP contribution in [0.2, 0.25) is 0 Å². The van der Waals surface area contributed by atoms with E-state index in [0.29, 0.717) is 29.8 Å². The van der Waals surface area contributed by atoms with Crippen LogP contribution in [0.5, 0.6) is 0 Å². The number of alkyl halides is 8. The van der Waals surface area contributed by atoms with E-state index in [0.717, 1.165) is 16.5 Å². The van der Waals surface area contributed by atoms with E-state index in [1.807, 2.05) is 0 Å². The molecule has 45 heavy (non-hydrogen) atoms. The van der Waals surface area contributed by atoms with Gasteiger partial charge in [-0.1, -0.05) is 0 Å². The van der Waals surface area contributed by atoms with Gasteiger partial charge >= 0.3 is 12.4 Å². The monoisotopic (exact) mass is 647 g/mol. The summed E-state index contributed by atoms with van der Waals surface area (Å²) in [7, 11) is 0. The standard InChI is InChI=1S/C28H29F8N7O2/c29-26(30)6-3-17(4-7-26)24(41-25(45)19-13-37-42(14-19)10-9-28(34,35)36)20-15-43-21(39-20)11-18(12-38-43)23(16-1-2-16)40-22(44)5-8-27(31,32)33/h11-15,17,24H,1-10H2,(H,40,44)(H,41,45)/t24-/m0/s1. The third kappa shape index (κ3) is 8.78. The molecule has 0 aliphatic heterocycles. The number of halogens is 8. The van der Waals surface area contributed by atoms with Crippen molar-refractivity contribution in [3.63, 3.8) is 0 Å². The Morgan fingerprint density at radius 1 is 0.956 bits per heavy atom. The molecule has 0 bridgehead atoms. The van der Waals surface area contributed by atoms with Crippen LogP contribution in [0.3, 0.4) is 0 Å². The first-order valence-electron chi connectivity index (χ1n) is 14.3. The summed E-state index contributed by atoms with van der Waals surface area (Å²) in [5.74, 6) is -4.78. The van der Waals surface area contributed by atoms with E-state index in [-0.39, 0.29) is 24.1 Å². The third-order valence-electron chi connectivity index (χ3n) is 7.74. The lowest BCUT2D eigenvalue weighted by Gasteiger charge is -2.33. The van der Waals surface area contributed by atoms with Crippen LogP contribution in [-0.2, 0) is 11.3 Å². The predicted octanol–water partition coefficient (Wildman–Crippen LogP) is 6.14. The maximum atomic E-state index is 14.0. The van der Waals surface area contributed by atoms with E-state index < -0.39 is 80.7 Å². The second-order valence-electron chi connectivity index (χ2n) is 11.4. The summed E-state index contributed by atoms with van der Waals surface area (Å²) >= 11 is 0. The summed E-state index contributed by atoms with van der Waals surface area (Å²) in [6.07, 6.45) is -6.22. The zero-order valence-electron chi connectivity index (χ0n) is 23.7. The van der Waals surface area contributed by atoms with Crippen LogP contribution in [0.1, 0.15) is 85.4 Å². The Balaban J connectivity index is 1.37. The number of hydrogen-bond acceptors (Lipinski definition) is 5. The molecule has 0 aromatic carbocycles. The molecule has 1 atom stereocenters. The summed E-state index contributed by atoms with van der Waals surface area (Å²) in [5, 5.41) is 13.5. The molecular formula is C28H29F8N7O2. The molecule has 3 aromatic heterocycles. The lowest BCUT2D eigenvalue weighted by atomic mass is 9.81. The number of carbonyl (C=O) groups is 2. The molecule has 9 nitrogen and oxygen atoms in total. The minimum absolute atomic E-state index is 0.0190. The molecule has 3 aromatic rings. The summed E-state index contributed by atoms with van der Waals surface area (Å²) in [5.41, 5.74) is 2.14. The molecule has 0 saturated heterocycles. The van der Waals surface area contributed by atoms with Gasteiger partial charge in [0, 0.05) is 43.3 Å². The molecule has 0 spiro atoms. The molecular weight excluding hydrogens is 618 g/mol. The highest BCUT2D eigenvalue weighted by Gasteiger charge is 2.39. The third-order valence-corrected chi connectivity index (χ3v) is 7.74. The lowest BCUT2D eigenvalue weighted by molar-refractivity contribution is -0.143. The average molecular weight is 648 g/mol. The number of nitrogens with zero attached hydrogens (tertiary/aromatic N) is 5. The van der Waals surface area contributed by atoms with E-state index in [2.05, 4.69) is 25.8 Å². The van der Waals surface area contributed by atoms with Crippen molar-refractivity contribution in [2.45, 2.75) is 88.6 Å². The first-order chi connectivity index (χ1) is 21.1. The Morgan fingerprint density at radius 2 is 1.62 bits per heavy atom. The van der Waals surface area contributed by atoms with Gasteiger partial charge in [0.1, 0.15) is 0 Å². The highest BCUT2D eigenvalue weighted by molar-refractivity contribution is 5.94. The fourth-order valence-corrected chi connectivity index (χ4v) is 5.21. The number of imidazole rings is 1. The van der Waals surface area contributed by atoms with Crippen LogP contribution >= 0.6 is 0 Å². The lowest BCUT2D eigenvalue weighted by Crippen LogP contribution is -2.37. The maximum absolute atomic E-state index is 14.0. The van der Waals surface area contributed by atoms with Crippen molar-refractivity contribution in [2.24, 2.45) is 5.92 Å². The number of amides is 2. The highest BCUT2D eigenvalue weighted by atomic mass is 19.4. The molecule has 3 heterocycles. The number of hydrogen-bond donors (Lipinski definition) is 2. The number of allylic oxidation sites excluding steroid dienone is 1. The molecule has 5 rings (SSSR count). The first kappa shape index (κ1) is 32.3. The van der Waals surface area contributed by atoms with Crippen molar-refractivity contribution >= 4 is 23.2 Å². The van der Waals surface area contributed by atoms with Crippen LogP contribution in [-0.4, -0.2) is 54.5 Å². The quantitative estimate of drug-likeness (QED) is 0.258. The molecule has 0 radical (unpaired) electrons. The predicted molar refractivity (Wildman–Crippen MR) is 143 cm³/mol. The molecule has 0 unspecified atom stereocenters. The summed E-state index contributed by atoms with van der Waals surface area (Å²) < 4.78 is 106. The normalized spacial score (nSPS) is 17.7. The number of fused-ring (bicyclic) bond motifs is 1. The number of aryl methyl sites for hydroxylation is 1. The SMILES string of the molecule is O=C(CCC(F)(F)F)NC(=C1CC1)c1cnn2cc([C@@H](NC(=O)c3cnn(CCC(F)(F)F)c3)C3CCC(F)(F)CC3)nc2c1. The first-order valence-corrected chi connectivity index (χ1v) is 14.3. The molecule has 2 fully saturated rings. The number of nitrogens with one attached hydrogen (secondary N) is 2. The summed E-state index contributed by atoms with van der Waals surface area (Å²) in [6.45, 7) is -0.487. The van der Waals surface area contributed by atoms with Gasteiger partial charge in [-0.2, -0.15) is 36.5 Å². The molecule has 244 valence electrons. The van der Waals surface area contributed by atoms with E-state index in [1.54, 1.807) is 6.07 Å². The molecule has 2 N–H and O–H groups in total. The minimum atomic E-state index is -4.48. The van der Waals surface area contributed by atoms with Crippen LogP contribution in [0, 0.1) is 5.92 Å². The molecule has 17 heteroatoms. The van der Waals surface area contributed by atoms with Crippen molar-refractivity contribution in [3.05, 3.63) is 53.2 Å². The topological polar surface area (TPSA) is 106 Å². The number of rotatable bonds is 10. The second kappa shape index (κ2) is 12.4. The van der Waals surface area contributed by atoms with Gasteiger partial charge in [-0.25, -0.2) is 18.3 Å². The molecule has 2 amide bonds. The van der Waals surface area contributed by atoms with Crippen molar-refractivity contribution < 1.29 is 44.7 Å². The van der Waals surface area contributed by atoms with Gasteiger partial charge in [0.25, 0.3) is 5.91 Å². The summed E-state index contributed by atoms with van der Waals surface area (Å²) in [4.78, 5) is 30.0. The zero-order chi connectivity index (χ0) is 32.6. The fraction of sp³-hybridized carbons (Fsp3) is 0.536. The van der Waals surface area contributed by atoms with Crippen molar-refractivity contribution in [2.75, 3.05) is 0 Å². The van der Waals surface area contributed by atoms with Gasteiger partial charge in [0.15, 0.2) is 5.65 Å². The van der Waals surface area contributed by atoms with Crippen LogP contribution in [0.25, 0.3) is 11.3 Å². The Morgan fingerprint density at radius 3 is 2.27 bits per heavy atom. The van der Waals surface area contributed by atoms with E-state index in [1.165, 1.54) is 23.1 Å². The van der Waals surface area contributed by atoms with Crippen molar-refractivity contribution in [1.82, 2.24) is 35.0 Å². The zero-order valence-corrected chi connectivity index (χ0v) is 23.7. The van der Waals surface area contributed by atoms with Gasteiger partial charge in [-0.3, -0.25) is 14.3 Å². The van der Waals surface area contributed by atoms with Gasteiger partial charge in [0.05, 0.1) is 48.7 Å². The van der Waals surface area contributed by atoms with Crippen molar-refractivity contribution in [1.29, 1.82) is 0 Å². The Labute approximate surface area is 251 Å². The Bertz CT molecular complexity index is 1580. The number of aromatic nitrogens is 5. The highest BCUT2D eigenvalue weighted by Crippen LogP contribution is 2.41. The number of carbonyl (C=O) groups excluding carboxylic acids is 2. The van der Waals surface area contributed by atoms with Crippen LogP contribution in [0.4, 0.5) is 35.1 Å². The Hall–Kier alpha value is -4.05. The van der Waals surface area contributed by atoms with Gasteiger partial charge in [0.2, 0.25) is 11.8 Å². The average Bonchev–Trinajstić information content (AvgIpc) is 3.52. The molecule has 2 aliphatic rings. The van der Waals surface area contributed by atoms with Gasteiger partial charge in [-0.15, -0.1) is 0 Å². The smallest absolute Gasteiger partial charge is 0.343 e. The largest absolute Gasteiger partial charge is 0.390 e. The van der Waals surface area contributed by atoms with Crippen LogP contribution in [0.15, 0.2) is 36.4 Å². The second-order valence-corrected chi connectivity index (χ2v) is 11.4. The van der Waals surface area contributed by atoms with Crippen molar-refractivity contribution in [3.8, 4) is 0 Å². The molecule has 2 saturated carbocycles.